The van der Waals surface area contributed by atoms with Crippen LogP contribution in [0.2, 0.25) is 0 Å². The fourth-order valence-corrected chi connectivity index (χ4v) is 6.25. The van der Waals surface area contributed by atoms with E-state index in [4.69, 9.17) is 9.47 Å². The first-order chi connectivity index (χ1) is 21.9. The molecule has 2 N–H and O–H groups in total. The van der Waals surface area contributed by atoms with Gasteiger partial charge in [0.05, 0.1) is 35.0 Å². The molecular formula is C34H34N4O6S. The molecule has 0 saturated carbocycles. The minimum Gasteiger partial charge on any atom is -0.484 e. The molecule has 1 heterocycles. The summed E-state index contributed by atoms with van der Waals surface area (Å²) in [5.74, 6) is -0.286. The number of nitrogens with one attached hydrogen (secondary N) is 2. The number of sulfonamides is 1. The van der Waals surface area contributed by atoms with Crippen LogP contribution in [0.5, 0.6) is 5.75 Å². The van der Waals surface area contributed by atoms with Crippen LogP contribution in [0.15, 0.2) is 119 Å². The summed E-state index contributed by atoms with van der Waals surface area (Å²) in [6.45, 7) is 1.12. The monoisotopic (exact) mass is 626 g/mol. The van der Waals surface area contributed by atoms with Gasteiger partial charge in [-0.2, -0.15) is 5.10 Å². The van der Waals surface area contributed by atoms with Gasteiger partial charge in [0.1, 0.15) is 5.75 Å². The number of para-hydroxylation sites is 1. The summed E-state index contributed by atoms with van der Waals surface area (Å²) in [7, 11) is -4.02. The lowest BCUT2D eigenvalue weighted by atomic mass is 10.1. The molecule has 0 radical (unpaired) electrons. The van der Waals surface area contributed by atoms with Crippen molar-refractivity contribution in [1.29, 1.82) is 0 Å². The molecule has 4 aromatic carbocycles. The molecule has 1 atom stereocenters. The maximum absolute atomic E-state index is 13.8. The van der Waals surface area contributed by atoms with Gasteiger partial charge in [-0.1, -0.05) is 60.7 Å². The number of nitrogens with zero attached hydrogens (tertiary/aromatic N) is 2. The van der Waals surface area contributed by atoms with Gasteiger partial charge in [-0.3, -0.25) is 13.9 Å². The highest BCUT2D eigenvalue weighted by molar-refractivity contribution is 7.92. The first-order valence-corrected chi connectivity index (χ1v) is 16.0. The molecule has 1 fully saturated rings. The second-order valence-electron chi connectivity index (χ2n) is 10.3. The van der Waals surface area contributed by atoms with Gasteiger partial charge >= 0.3 is 0 Å². The summed E-state index contributed by atoms with van der Waals surface area (Å²) < 4.78 is 40.0. The predicted octanol–water partition coefficient (Wildman–Crippen LogP) is 4.52. The van der Waals surface area contributed by atoms with Gasteiger partial charge in [0.2, 0.25) is 0 Å². The molecule has 232 valence electrons. The molecule has 0 aliphatic carbocycles. The first kappa shape index (κ1) is 31.4. The average Bonchev–Trinajstić information content (AvgIpc) is 3.61. The Labute approximate surface area is 262 Å². The molecular weight excluding hydrogens is 592 g/mol. The van der Waals surface area contributed by atoms with Crippen LogP contribution in [-0.4, -0.2) is 52.3 Å². The zero-order valence-electron chi connectivity index (χ0n) is 24.5. The zero-order chi connectivity index (χ0) is 31.5. The van der Waals surface area contributed by atoms with E-state index >= 15 is 0 Å². The largest absolute Gasteiger partial charge is 0.484 e. The Balaban J connectivity index is 1.24. The van der Waals surface area contributed by atoms with Crippen LogP contribution < -0.4 is 19.8 Å². The van der Waals surface area contributed by atoms with Crippen molar-refractivity contribution in [3.8, 4) is 5.75 Å². The Morgan fingerprint density at radius 1 is 0.911 bits per heavy atom. The van der Waals surface area contributed by atoms with Crippen molar-refractivity contribution in [3.05, 3.63) is 126 Å². The van der Waals surface area contributed by atoms with Crippen LogP contribution in [0.3, 0.4) is 0 Å². The van der Waals surface area contributed by atoms with Crippen LogP contribution in [0.1, 0.15) is 34.3 Å². The molecule has 0 spiro atoms. The van der Waals surface area contributed by atoms with E-state index in [0.717, 1.165) is 25.0 Å². The summed E-state index contributed by atoms with van der Waals surface area (Å²) in [6, 6.07) is 30.7. The van der Waals surface area contributed by atoms with Gasteiger partial charge in [0, 0.05) is 13.2 Å². The number of carbonyl (C=O) groups excluding carboxylic acids is 2. The van der Waals surface area contributed by atoms with Crippen LogP contribution in [0, 0.1) is 0 Å². The van der Waals surface area contributed by atoms with E-state index in [1.54, 1.807) is 66.7 Å². The molecule has 10 nitrogen and oxygen atoms in total. The third-order valence-electron chi connectivity index (χ3n) is 7.10. The van der Waals surface area contributed by atoms with Crippen molar-refractivity contribution in [3.63, 3.8) is 0 Å². The van der Waals surface area contributed by atoms with Gasteiger partial charge in [-0.15, -0.1) is 0 Å². The zero-order valence-corrected chi connectivity index (χ0v) is 25.4. The number of carbonyl (C=O) groups is 2. The number of benzene rings is 4. The second kappa shape index (κ2) is 15.1. The highest BCUT2D eigenvalue weighted by atomic mass is 32.2. The molecule has 1 aliphatic heterocycles. The van der Waals surface area contributed by atoms with E-state index < -0.39 is 15.9 Å². The van der Waals surface area contributed by atoms with Gasteiger partial charge in [0.25, 0.3) is 21.8 Å². The normalized spacial score (nSPS) is 14.6. The Morgan fingerprint density at radius 2 is 1.60 bits per heavy atom. The van der Waals surface area contributed by atoms with Crippen molar-refractivity contribution in [2.24, 2.45) is 5.10 Å². The number of anilines is 1. The van der Waals surface area contributed by atoms with Crippen LogP contribution >= 0.6 is 0 Å². The molecule has 1 aliphatic rings. The summed E-state index contributed by atoms with van der Waals surface area (Å²) in [5, 5.41) is 6.89. The van der Waals surface area contributed by atoms with Gasteiger partial charge in [0.15, 0.2) is 6.61 Å². The molecule has 5 rings (SSSR count). The van der Waals surface area contributed by atoms with Gasteiger partial charge < -0.3 is 14.8 Å². The van der Waals surface area contributed by atoms with E-state index in [1.165, 1.54) is 22.7 Å². The number of hydrogen-bond donors (Lipinski definition) is 2. The molecule has 45 heavy (non-hydrogen) atoms. The summed E-state index contributed by atoms with van der Waals surface area (Å²) in [6.07, 6.45) is 3.48. The summed E-state index contributed by atoms with van der Waals surface area (Å²) >= 11 is 0. The van der Waals surface area contributed by atoms with Crippen LogP contribution in [-0.2, 0) is 26.1 Å². The molecule has 0 unspecified atom stereocenters. The number of rotatable bonds is 13. The molecule has 0 aromatic heterocycles. The van der Waals surface area contributed by atoms with E-state index in [9.17, 15) is 18.0 Å². The van der Waals surface area contributed by atoms with Crippen LogP contribution in [0.25, 0.3) is 0 Å². The number of hydrazone groups is 1. The quantitative estimate of drug-likeness (QED) is 0.166. The fraction of sp³-hybridized carbons (Fsp3) is 0.206. The lowest BCUT2D eigenvalue weighted by Crippen LogP contribution is -2.35. The molecule has 0 bridgehead atoms. The smallest absolute Gasteiger partial charge is 0.273 e. The topological polar surface area (TPSA) is 126 Å². The molecule has 1 saturated heterocycles. The number of amides is 2. The van der Waals surface area contributed by atoms with Crippen LogP contribution in [0.4, 0.5) is 5.69 Å². The highest BCUT2D eigenvalue weighted by Crippen LogP contribution is 2.29. The Kier molecular flexibility index (Phi) is 10.6. The number of hydrogen-bond acceptors (Lipinski definition) is 7. The van der Waals surface area contributed by atoms with E-state index in [2.05, 4.69) is 15.8 Å². The maximum Gasteiger partial charge on any atom is 0.273 e. The standard InChI is InChI=1S/C34H34N4O6S/c39-33(35-23-29-12-9-21-43-29)25-44-28-19-17-26(18-20-28)22-36-37-34(40)31-15-7-8-16-32(31)38(24-27-10-3-1-4-11-27)45(41,42)30-13-5-2-6-14-30/h1-8,10-11,13-20,22,29H,9,12,21,23-25H2,(H,35,39)(H,37,40)/b36-22-/t29-/m0/s1. The third-order valence-corrected chi connectivity index (χ3v) is 8.87. The lowest BCUT2D eigenvalue weighted by Gasteiger charge is -2.26. The molecule has 4 aromatic rings. The summed E-state index contributed by atoms with van der Waals surface area (Å²) in [5.41, 5.74) is 4.31. The average molecular weight is 627 g/mol. The Bertz CT molecular complexity index is 1710. The van der Waals surface area contributed by atoms with Gasteiger partial charge in [-0.05, 0) is 72.5 Å². The van der Waals surface area contributed by atoms with Crippen molar-refractivity contribution in [2.75, 3.05) is 24.1 Å². The van der Waals surface area contributed by atoms with Crippen molar-refractivity contribution >= 4 is 33.7 Å². The van der Waals surface area contributed by atoms with E-state index in [1.807, 2.05) is 30.3 Å². The minimum atomic E-state index is -4.02. The van der Waals surface area contributed by atoms with E-state index in [-0.39, 0.29) is 41.3 Å². The van der Waals surface area contributed by atoms with E-state index in [0.29, 0.717) is 17.9 Å². The SMILES string of the molecule is O=C(COc1ccc(/C=N\NC(=O)c2ccccc2N(Cc2ccccc2)S(=O)(=O)c2ccccc2)cc1)NC[C@@H]1CCCO1. The third kappa shape index (κ3) is 8.55. The highest BCUT2D eigenvalue weighted by Gasteiger charge is 2.28. The Morgan fingerprint density at radius 3 is 2.31 bits per heavy atom. The second-order valence-corrected chi connectivity index (χ2v) is 12.2. The van der Waals surface area contributed by atoms with Crippen molar-refractivity contribution in [2.45, 2.75) is 30.4 Å². The minimum absolute atomic E-state index is 0.0244. The molecule has 2 amide bonds. The van der Waals surface area contributed by atoms with Crippen molar-refractivity contribution < 1.29 is 27.5 Å². The van der Waals surface area contributed by atoms with Gasteiger partial charge in [-0.25, -0.2) is 13.8 Å². The van der Waals surface area contributed by atoms with Crippen molar-refractivity contribution in [1.82, 2.24) is 10.7 Å². The summed E-state index contributed by atoms with van der Waals surface area (Å²) in [4.78, 5) is 25.5. The first-order valence-electron chi connectivity index (χ1n) is 14.6. The maximum atomic E-state index is 13.8. The molecule has 11 heteroatoms. The predicted molar refractivity (Wildman–Crippen MR) is 172 cm³/mol. The lowest BCUT2D eigenvalue weighted by molar-refractivity contribution is -0.123. The Hall–Kier alpha value is -5.00. The fourth-order valence-electron chi connectivity index (χ4n) is 4.76. The number of ether oxygens (including phenoxy) is 2.